The van der Waals surface area contributed by atoms with E-state index in [0.29, 0.717) is 37.4 Å². The summed E-state index contributed by atoms with van der Waals surface area (Å²) in [5.74, 6) is 0.647. The van der Waals surface area contributed by atoms with Crippen LogP contribution in [0.2, 0.25) is 0 Å². The molecule has 0 spiro atoms. The molecule has 0 atom stereocenters. The van der Waals surface area contributed by atoms with Crippen molar-refractivity contribution in [2.45, 2.75) is 33.2 Å². The molecule has 0 saturated heterocycles. The van der Waals surface area contributed by atoms with Crippen LogP contribution in [0.15, 0.2) is 30.6 Å². The van der Waals surface area contributed by atoms with E-state index in [1.807, 2.05) is 19.3 Å². The van der Waals surface area contributed by atoms with Gasteiger partial charge in [-0.15, -0.1) is 0 Å². The normalized spacial score (nSPS) is 16.8. The molecular formula is C23H25N5O3S. The van der Waals surface area contributed by atoms with Crippen molar-refractivity contribution in [2.24, 2.45) is 12.5 Å². The van der Waals surface area contributed by atoms with E-state index >= 15 is 0 Å². The summed E-state index contributed by atoms with van der Waals surface area (Å²) < 4.78 is 7.57. The Labute approximate surface area is 190 Å². The monoisotopic (exact) mass is 451 g/mol. The first-order chi connectivity index (χ1) is 15.3. The smallest absolute Gasteiger partial charge is 0.251 e. The van der Waals surface area contributed by atoms with Gasteiger partial charge in [0.2, 0.25) is 0 Å². The Bertz CT molecular complexity index is 1210. The topological polar surface area (TPSA) is 89.4 Å². The maximum Gasteiger partial charge on any atom is 0.251 e. The van der Waals surface area contributed by atoms with Gasteiger partial charge in [0.25, 0.3) is 5.91 Å². The van der Waals surface area contributed by atoms with Gasteiger partial charge < -0.3 is 15.0 Å². The van der Waals surface area contributed by atoms with Crippen molar-refractivity contribution >= 4 is 33.8 Å². The van der Waals surface area contributed by atoms with Crippen molar-refractivity contribution in [2.75, 3.05) is 18.1 Å². The highest BCUT2D eigenvalue weighted by atomic mass is 32.1. The summed E-state index contributed by atoms with van der Waals surface area (Å²) in [5, 5.41) is 7.83. The highest BCUT2D eigenvalue weighted by Gasteiger charge is 2.35. The molecule has 32 heavy (non-hydrogen) atoms. The largest absolute Gasteiger partial charge is 0.490 e. The van der Waals surface area contributed by atoms with Gasteiger partial charge in [0.05, 0.1) is 29.0 Å². The summed E-state index contributed by atoms with van der Waals surface area (Å²) in [6.07, 6.45) is 4.96. The fourth-order valence-electron chi connectivity index (χ4n) is 4.23. The first-order valence-electron chi connectivity index (χ1n) is 10.6. The van der Waals surface area contributed by atoms with Gasteiger partial charge in [-0.05, 0) is 30.0 Å². The third kappa shape index (κ3) is 3.88. The number of benzene rings is 1. The van der Waals surface area contributed by atoms with E-state index in [-0.39, 0.29) is 17.1 Å². The van der Waals surface area contributed by atoms with Crippen LogP contribution in [-0.2, 0) is 20.0 Å². The summed E-state index contributed by atoms with van der Waals surface area (Å²) >= 11 is 1.46. The second kappa shape index (κ2) is 7.74. The lowest BCUT2D eigenvalue weighted by molar-refractivity contribution is 0.0914. The Hall–Kier alpha value is -3.20. The molecule has 1 N–H and O–H groups in total. The number of rotatable bonds is 4. The van der Waals surface area contributed by atoms with E-state index in [0.717, 1.165) is 33.4 Å². The van der Waals surface area contributed by atoms with Crippen LogP contribution in [-0.4, -0.2) is 39.6 Å². The van der Waals surface area contributed by atoms with Crippen LogP contribution in [0, 0.1) is 5.41 Å². The van der Waals surface area contributed by atoms with E-state index in [1.165, 1.54) is 11.3 Å². The van der Waals surface area contributed by atoms with Gasteiger partial charge >= 0.3 is 0 Å². The minimum absolute atomic E-state index is 0.0591. The Kier molecular flexibility index (Phi) is 5.00. The second-order valence-corrected chi connectivity index (χ2v) is 10.1. The number of nitrogens with zero attached hydrogens (tertiary/aromatic N) is 4. The number of aryl methyl sites for hydroxylation is 1. The molecule has 9 heteroatoms. The highest BCUT2D eigenvalue weighted by Crippen LogP contribution is 2.43. The van der Waals surface area contributed by atoms with Gasteiger partial charge in [0.15, 0.2) is 10.9 Å². The Morgan fingerprint density at radius 2 is 2.16 bits per heavy atom. The lowest BCUT2D eigenvalue weighted by Gasteiger charge is -2.29. The van der Waals surface area contributed by atoms with E-state index in [2.05, 4.69) is 29.2 Å². The molecule has 0 bridgehead atoms. The SMILES string of the molecule is Cn1cc(CNC(=O)c2ccc3c(c2)OCCN3c2nc3c(s2)C(=O)CC(C)(C)C3)cn1. The van der Waals surface area contributed by atoms with E-state index in [1.54, 1.807) is 23.0 Å². The zero-order valence-corrected chi connectivity index (χ0v) is 19.2. The molecule has 3 heterocycles. The summed E-state index contributed by atoms with van der Waals surface area (Å²) in [4.78, 5) is 32.9. The minimum atomic E-state index is -0.171. The van der Waals surface area contributed by atoms with E-state index < -0.39 is 0 Å². The summed E-state index contributed by atoms with van der Waals surface area (Å²) in [6, 6.07) is 5.45. The van der Waals surface area contributed by atoms with Crippen molar-refractivity contribution in [3.8, 4) is 5.75 Å². The molecule has 2 aromatic heterocycles. The van der Waals surface area contributed by atoms with Crippen molar-refractivity contribution in [3.05, 3.63) is 52.3 Å². The Morgan fingerprint density at radius 3 is 2.94 bits per heavy atom. The summed E-state index contributed by atoms with van der Waals surface area (Å²) in [7, 11) is 1.84. The van der Waals surface area contributed by atoms with Crippen LogP contribution in [0.4, 0.5) is 10.8 Å². The predicted molar refractivity (Wildman–Crippen MR) is 122 cm³/mol. The first kappa shape index (κ1) is 20.7. The number of thiazole rings is 1. The molecule has 0 radical (unpaired) electrons. The number of hydrogen-bond acceptors (Lipinski definition) is 7. The zero-order valence-electron chi connectivity index (χ0n) is 18.3. The fraction of sp³-hybridized carbons (Fsp3) is 0.391. The maximum absolute atomic E-state index is 12.6. The molecular weight excluding hydrogens is 426 g/mol. The number of anilines is 2. The summed E-state index contributed by atoms with van der Waals surface area (Å²) in [6.45, 7) is 5.75. The molecule has 3 aromatic rings. The van der Waals surface area contributed by atoms with E-state index in [9.17, 15) is 9.59 Å². The fourth-order valence-corrected chi connectivity index (χ4v) is 5.29. The van der Waals surface area contributed by atoms with Gasteiger partial charge in [0.1, 0.15) is 12.4 Å². The number of carbonyl (C=O) groups is 2. The molecule has 2 aliphatic rings. The van der Waals surface area contributed by atoms with Crippen LogP contribution in [0.1, 0.15) is 51.6 Å². The third-order valence-corrected chi connectivity index (χ3v) is 6.91. The van der Waals surface area contributed by atoms with Crippen molar-refractivity contribution in [3.63, 3.8) is 0 Å². The second-order valence-electron chi connectivity index (χ2n) is 9.10. The predicted octanol–water partition coefficient (Wildman–Crippen LogP) is 3.49. The first-order valence-corrected chi connectivity index (χ1v) is 11.4. The van der Waals surface area contributed by atoms with Crippen LogP contribution in [0.5, 0.6) is 5.75 Å². The molecule has 1 aliphatic carbocycles. The number of fused-ring (bicyclic) bond motifs is 2. The number of amides is 1. The molecule has 5 rings (SSSR count). The molecule has 1 aromatic carbocycles. The average molecular weight is 452 g/mol. The van der Waals surface area contributed by atoms with Crippen LogP contribution < -0.4 is 15.0 Å². The summed E-state index contributed by atoms with van der Waals surface area (Å²) in [5.41, 5.74) is 3.16. The average Bonchev–Trinajstić information content (AvgIpc) is 3.36. The molecule has 1 amide bonds. The number of nitrogens with one attached hydrogen (secondary N) is 1. The van der Waals surface area contributed by atoms with Gasteiger partial charge in [-0.1, -0.05) is 25.2 Å². The van der Waals surface area contributed by atoms with E-state index in [4.69, 9.17) is 9.72 Å². The minimum Gasteiger partial charge on any atom is -0.490 e. The van der Waals surface area contributed by atoms with Gasteiger partial charge in [-0.25, -0.2) is 4.98 Å². The third-order valence-electron chi connectivity index (χ3n) is 5.75. The van der Waals surface area contributed by atoms with Gasteiger partial charge in [0, 0.05) is 37.3 Å². The van der Waals surface area contributed by atoms with Gasteiger partial charge in [-0.3, -0.25) is 14.3 Å². The number of ketones is 1. The van der Waals surface area contributed by atoms with Crippen molar-refractivity contribution in [1.29, 1.82) is 0 Å². The van der Waals surface area contributed by atoms with Crippen LogP contribution in [0.3, 0.4) is 0 Å². The van der Waals surface area contributed by atoms with Crippen LogP contribution >= 0.6 is 11.3 Å². The van der Waals surface area contributed by atoms with Crippen LogP contribution in [0.25, 0.3) is 0 Å². The number of aromatic nitrogens is 3. The lowest BCUT2D eigenvalue weighted by Crippen LogP contribution is -2.29. The molecule has 8 nitrogen and oxygen atoms in total. The number of ether oxygens (including phenoxy) is 1. The lowest BCUT2D eigenvalue weighted by atomic mass is 9.78. The van der Waals surface area contributed by atoms with Crippen molar-refractivity contribution in [1.82, 2.24) is 20.1 Å². The molecule has 1 aliphatic heterocycles. The molecule has 0 fully saturated rings. The molecule has 166 valence electrons. The number of carbonyl (C=O) groups excluding carboxylic acids is 2. The Morgan fingerprint density at radius 1 is 1.31 bits per heavy atom. The Balaban J connectivity index is 1.37. The molecule has 0 unspecified atom stereocenters. The standard InChI is InChI=1S/C23H25N5O3S/c1-23(2)9-16-20(18(29)10-23)32-22(26-16)28-6-7-31-19-8-15(4-5-17(19)28)21(30)24-11-14-12-25-27(3)13-14/h4-5,8,12-13H,6-7,9-11H2,1-3H3,(H,24,30). The maximum atomic E-state index is 12.6. The highest BCUT2D eigenvalue weighted by molar-refractivity contribution is 7.17. The number of hydrogen-bond donors (Lipinski definition) is 1. The number of Topliss-reactive ketones (excluding diaryl/α,β-unsaturated/α-hetero) is 1. The zero-order chi connectivity index (χ0) is 22.5. The molecule has 0 saturated carbocycles. The van der Waals surface area contributed by atoms with Gasteiger partial charge in [-0.2, -0.15) is 5.10 Å². The van der Waals surface area contributed by atoms with Crippen molar-refractivity contribution < 1.29 is 14.3 Å². The quantitative estimate of drug-likeness (QED) is 0.653.